The predicted octanol–water partition coefficient (Wildman–Crippen LogP) is 5.83. The van der Waals surface area contributed by atoms with Gasteiger partial charge in [0.25, 0.3) is 0 Å². The number of aromatic nitrogens is 2. The smallest absolute Gasteiger partial charge is 0.133 e. The third-order valence-corrected chi connectivity index (χ3v) is 6.65. The molecule has 5 rings (SSSR count). The fourth-order valence-electron chi connectivity index (χ4n) is 5.15. The van der Waals surface area contributed by atoms with Crippen LogP contribution in [-0.2, 0) is 19.6 Å². The highest BCUT2D eigenvalue weighted by molar-refractivity contribution is 6.07. The molecule has 4 heteroatoms. The van der Waals surface area contributed by atoms with Crippen molar-refractivity contribution < 1.29 is 5.11 Å². The van der Waals surface area contributed by atoms with E-state index in [0.717, 1.165) is 25.3 Å². The molecule has 2 aromatic carbocycles. The lowest BCUT2D eigenvalue weighted by Crippen LogP contribution is -2.29. The Morgan fingerprint density at radius 1 is 1.00 bits per heavy atom. The Morgan fingerprint density at radius 3 is 2.48 bits per heavy atom. The molecule has 0 saturated carbocycles. The van der Waals surface area contributed by atoms with Crippen molar-refractivity contribution in [2.45, 2.75) is 47.3 Å². The van der Waals surface area contributed by atoms with Gasteiger partial charge in [-0.3, -0.25) is 0 Å². The molecule has 1 N–H and O–H groups in total. The molecule has 0 unspecified atom stereocenters. The van der Waals surface area contributed by atoms with Crippen LogP contribution in [0.4, 0.5) is 11.5 Å². The van der Waals surface area contributed by atoms with Crippen LogP contribution in [0.15, 0.2) is 48.5 Å². The van der Waals surface area contributed by atoms with Gasteiger partial charge in [0.15, 0.2) is 0 Å². The lowest BCUT2D eigenvalue weighted by atomic mass is 9.88. The maximum atomic E-state index is 9.61. The highest BCUT2D eigenvalue weighted by Crippen LogP contribution is 2.46. The number of hydrogen-bond donors (Lipinski definition) is 1. The number of benzene rings is 2. The van der Waals surface area contributed by atoms with Crippen LogP contribution < -0.4 is 4.90 Å². The van der Waals surface area contributed by atoms with E-state index < -0.39 is 0 Å². The monoisotopic (exact) mass is 411 g/mol. The van der Waals surface area contributed by atoms with Crippen LogP contribution in [-0.4, -0.2) is 21.2 Å². The van der Waals surface area contributed by atoms with E-state index in [1.54, 1.807) is 0 Å². The Labute approximate surface area is 183 Å². The second kappa shape index (κ2) is 7.54. The van der Waals surface area contributed by atoms with Gasteiger partial charge in [-0.2, -0.15) is 0 Å². The number of aliphatic hydroxyl groups excluding tert-OH is 1. The topological polar surface area (TPSA) is 41.3 Å². The molecule has 1 aliphatic rings. The number of pyridine rings is 1. The quantitative estimate of drug-likeness (QED) is 0.459. The van der Waals surface area contributed by atoms with E-state index in [0.29, 0.717) is 5.69 Å². The molecule has 0 amide bonds. The van der Waals surface area contributed by atoms with E-state index in [-0.39, 0.29) is 6.61 Å². The standard InChI is InChI=1S/C27H29N3O/c1-5-22-19(4)26-27-23(25(22)20-11-9-17(2)10-12-20)15-18(3)29(27)13-14-30(26)24-8-6-7-21(16-31)28-24/h6-12,15,31H,5,13-14,16H2,1-4H3. The number of anilines is 2. The number of aliphatic hydroxyl groups is 1. The molecule has 1 aliphatic heterocycles. The largest absolute Gasteiger partial charge is 0.390 e. The summed E-state index contributed by atoms with van der Waals surface area (Å²) in [6.07, 6.45) is 0.972. The minimum atomic E-state index is -0.0435. The van der Waals surface area contributed by atoms with Crippen molar-refractivity contribution in [3.05, 3.63) is 76.6 Å². The zero-order valence-corrected chi connectivity index (χ0v) is 18.7. The molecule has 0 fully saturated rings. The van der Waals surface area contributed by atoms with E-state index in [1.807, 2.05) is 12.1 Å². The molecule has 2 aromatic heterocycles. The molecule has 0 aliphatic carbocycles. The fourth-order valence-corrected chi connectivity index (χ4v) is 5.15. The van der Waals surface area contributed by atoms with Crippen LogP contribution in [0.1, 0.15) is 35.0 Å². The molecule has 0 radical (unpaired) electrons. The zero-order valence-electron chi connectivity index (χ0n) is 18.7. The van der Waals surface area contributed by atoms with E-state index in [9.17, 15) is 5.11 Å². The fraction of sp³-hybridized carbons (Fsp3) is 0.296. The van der Waals surface area contributed by atoms with Crippen LogP contribution in [0.25, 0.3) is 22.0 Å². The van der Waals surface area contributed by atoms with Crippen molar-refractivity contribution >= 4 is 22.4 Å². The first kappa shape index (κ1) is 19.8. The number of nitrogens with zero attached hydrogens (tertiary/aromatic N) is 3. The van der Waals surface area contributed by atoms with Crippen LogP contribution >= 0.6 is 0 Å². The van der Waals surface area contributed by atoms with Gasteiger partial charge in [0.2, 0.25) is 0 Å². The van der Waals surface area contributed by atoms with E-state index in [2.05, 4.69) is 73.6 Å². The summed E-state index contributed by atoms with van der Waals surface area (Å²) in [7, 11) is 0. The Balaban J connectivity index is 1.83. The summed E-state index contributed by atoms with van der Waals surface area (Å²) in [5.74, 6) is 0.909. The average Bonchev–Trinajstić information content (AvgIpc) is 3.13. The third kappa shape index (κ3) is 3.05. The maximum absolute atomic E-state index is 9.61. The van der Waals surface area contributed by atoms with Gasteiger partial charge in [-0.1, -0.05) is 42.8 Å². The lowest BCUT2D eigenvalue weighted by molar-refractivity contribution is 0.277. The number of hydrogen-bond acceptors (Lipinski definition) is 3. The van der Waals surface area contributed by atoms with E-state index in [1.165, 1.54) is 50.1 Å². The van der Waals surface area contributed by atoms with Gasteiger partial charge in [-0.25, -0.2) is 4.98 Å². The SMILES string of the molecule is CCc1c(C)c2c3c(cc(C)n3CCN2c2cccc(CO)n2)c1-c1ccc(C)cc1. The molecular formula is C27H29N3O. The number of rotatable bonds is 4. The van der Waals surface area contributed by atoms with Gasteiger partial charge in [-0.15, -0.1) is 0 Å². The molecule has 0 bridgehead atoms. The van der Waals surface area contributed by atoms with Gasteiger partial charge in [0.1, 0.15) is 5.82 Å². The highest BCUT2D eigenvalue weighted by atomic mass is 16.3. The van der Waals surface area contributed by atoms with Crippen LogP contribution in [0.3, 0.4) is 0 Å². The summed E-state index contributed by atoms with van der Waals surface area (Å²) >= 11 is 0. The van der Waals surface area contributed by atoms with Crippen molar-refractivity contribution in [3.8, 4) is 11.1 Å². The minimum Gasteiger partial charge on any atom is -0.390 e. The maximum Gasteiger partial charge on any atom is 0.133 e. The summed E-state index contributed by atoms with van der Waals surface area (Å²) in [5.41, 5.74) is 11.2. The zero-order chi connectivity index (χ0) is 21.7. The molecule has 4 aromatic rings. The molecule has 158 valence electrons. The van der Waals surface area contributed by atoms with Crippen LogP contribution in [0.2, 0.25) is 0 Å². The third-order valence-electron chi connectivity index (χ3n) is 6.65. The molecule has 0 atom stereocenters. The Hall–Kier alpha value is -3.11. The average molecular weight is 412 g/mol. The van der Waals surface area contributed by atoms with Crippen LogP contribution in [0.5, 0.6) is 0 Å². The summed E-state index contributed by atoms with van der Waals surface area (Å²) in [6.45, 7) is 10.6. The Kier molecular flexibility index (Phi) is 4.82. The Morgan fingerprint density at radius 2 is 1.77 bits per heavy atom. The second-order valence-electron chi connectivity index (χ2n) is 8.54. The van der Waals surface area contributed by atoms with Gasteiger partial charge in [0.05, 0.1) is 23.5 Å². The predicted molar refractivity (Wildman–Crippen MR) is 128 cm³/mol. The molecule has 4 nitrogen and oxygen atoms in total. The van der Waals surface area contributed by atoms with Gasteiger partial charge in [-0.05, 0) is 67.6 Å². The van der Waals surface area contributed by atoms with Gasteiger partial charge in [0, 0.05) is 24.2 Å². The number of aryl methyl sites for hydroxylation is 2. The van der Waals surface area contributed by atoms with Crippen molar-refractivity contribution in [3.63, 3.8) is 0 Å². The molecule has 0 saturated heterocycles. The van der Waals surface area contributed by atoms with Gasteiger partial charge < -0.3 is 14.6 Å². The normalized spacial score (nSPS) is 13.3. The van der Waals surface area contributed by atoms with Gasteiger partial charge >= 0.3 is 0 Å². The summed E-state index contributed by atoms with van der Waals surface area (Å²) in [4.78, 5) is 7.08. The van der Waals surface area contributed by atoms with Crippen LogP contribution in [0, 0.1) is 20.8 Å². The summed E-state index contributed by atoms with van der Waals surface area (Å²) in [5, 5.41) is 10.9. The Bertz CT molecular complexity index is 1280. The van der Waals surface area contributed by atoms with E-state index >= 15 is 0 Å². The molecular weight excluding hydrogens is 382 g/mol. The molecule has 0 spiro atoms. The highest BCUT2D eigenvalue weighted by Gasteiger charge is 2.28. The van der Waals surface area contributed by atoms with E-state index in [4.69, 9.17) is 4.98 Å². The summed E-state index contributed by atoms with van der Waals surface area (Å²) in [6, 6.07) is 17.2. The van der Waals surface area contributed by atoms with Crippen molar-refractivity contribution in [1.29, 1.82) is 0 Å². The minimum absolute atomic E-state index is 0.0435. The summed E-state index contributed by atoms with van der Waals surface area (Å²) < 4.78 is 2.46. The first-order valence-corrected chi connectivity index (χ1v) is 11.1. The first-order chi connectivity index (χ1) is 15.0. The molecule has 3 heterocycles. The van der Waals surface area contributed by atoms with Crippen molar-refractivity contribution in [1.82, 2.24) is 9.55 Å². The second-order valence-corrected chi connectivity index (χ2v) is 8.54. The van der Waals surface area contributed by atoms with Crippen molar-refractivity contribution in [2.75, 3.05) is 11.4 Å². The first-order valence-electron chi connectivity index (χ1n) is 11.1. The van der Waals surface area contributed by atoms with Crippen molar-refractivity contribution in [2.24, 2.45) is 0 Å². The lowest BCUT2D eigenvalue weighted by Gasteiger charge is -2.34. The molecule has 31 heavy (non-hydrogen) atoms.